The first-order chi connectivity index (χ1) is 18.4. The molecule has 2 fully saturated rings. The van der Waals surface area contributed by atoms with Crippen LogP contribution in [-0.2, 0) is 4.79 Å². The lowest BCUT2D eigenvalue weighted by Gasteiger charge is -2.40. The number of hydrogen-bond acceptors (Lipinski definition) is 3. The lowest BCUT2D eigenvalue weighted by Crippen LogP contribution is -2.57. The summed E-state index contributed by atoms with van der Waals surface area (Å²) >= 11 is 12.6. The van der Waals surface area contributed by atoms with Gasteiger partial charge in [-0.2, -0.15) is 0 Å². The van der Waals surface area contributed by atoms with E-state index < -0.39 is 0 Å². The van der Waals surface area contributed by atoms with E-state index in [1.807, 2.05) is 30.3 Å². The Kier molecular flexibility index (Phi) is 9.51. The highest BCUT2D eigenvalue weighted by molar-refractivity contribution is 6.35. The SMILES string of the molecule is CC1CC(/N=C(/Nc2ccc(C(CC(N)=O)c3ccc(Cl)cc3Cl)cc2)N2CC(C)NC(C)C2)CC(C)(C)C1. The smallest absolute Gasteiger partial charge is 0.218 e. The van der Waals surface area contributed by atoms with Gasteiger partial charge in [0, 0.05) is 53.2 Å². The Morgan fingerprint density at radius 2 is 1.77 bits per heavy atom. The van der Waals surface area contributed by atoms with E-state index in [2.05, 4.69) is 50.2 Å². The maximum atomic E-state index is 11.9. The number of aliphatic imine (C=N–C) groups is 1. The molecule has 8 heteroatoms. The van der Waals surface area contributed by atoms with Crippen molar-refractivity contribution in [2.24, 2.45) is 22.1 Å². The molecular weight excluding hydrogens is 529 g/mol. The van der Waals surface area contributed by atoms with Crippen LogP contribution in [-0.4, -0.2) is 48.0 Å². The van der Waals surface area contributed by atoms with E-state index in [1.54, 1.807) is 12.1 Å². The largest absolute Gasteiger partial charge is 0.370 e. The third-order valence-corrected chi connectivity index (χ3v) is 8.40. The van der Waals surface area contributed by atoms with Gasteiger partial charge in [-0.25, -0.2) is 4.99 Å². The van der Waals surface area contributed by atoms with Crippen molar-refractivity contribution in [3.8, 4) is 0 Å². The van der Waals surface area contributed by atoms with Gasteiger partial charge in [0.15, 0.2) is 5.96 Å². The number of halogens is 2. The second-order valence-electron chi connectivity index (χ2n) is 12.5. The Hall–Kier alpha value is -2.28. The summed E-state index contributed by atoms with van der Waals surface area (Å²) in [5.41, 5.74) is 8.67. The van der Waals surface area contributed by atoms with Crippen molar-refractivity contribution in [1.82, 2.24) is 10.2 Å². The number of rotatable bonds is 6. The number of nitrogens with two attached hydrogens (primary N) is 1. The summed E-state index contributed by atoms with van der Waals surface area (Å²) in [5, 5.41) is 8.37. The predicted octanol–water partition coefficient (Wildman–Crippen LogP) is 6.67. The molecule has 1 amide bonds. The summed E-state index contributed by atoms with van der Waals surface area (Å²) in [6.45, 7) is 13.3. The fourth-order valence-corrected chi connectivity index (χ4v) is 7.12. The van der Waals surface area contributed by atoms with Crippen LogP contribution in [0.1, 0.15) is 77.3 Å². The zero-order valence-corrected chi connectivity index (χ0v) is 25.3. The fourth-order valence-electron chi connectivity index (χ4n) is 6.58. The van der Waals surface area contributed by atoms with Crippen LogP contribution in [0.3, 0.4) is 0 Å². The van der Waals surface area contributed by atoms with Crippen LogP contribution in [0, 0.1) is 11.3 Å². The highest BCUT2D eigenvalue weighted by Crippen LogP contribution is 2.40. The molecule has 1 aliphatic carbocycles. The van der Waals surface area contributed by atoms with E-state index in [4.69, 9.17) is 33.9 Å². The van der Waals surface area contributed by atoms with Gasteiger partial charge < -0.3 is 21.3 Å². The molecule has 4 N–H and O–H groups in total. The van der Waals surface area contributed by atoms with Crippen LogP contribution in [0.2, 0.25) is 10.0 Å². The molecular formula is C31H43Cl2N5O. The normalized spacial score (nSPS) is 26.2. The number of nitrogens with one attached hydrogen (secondary N) is 2. The highest BCUT2D eigenvalue weighted by Gasteiger charge is 2.33. The molecule has 2 aliphatic rings. The fraction of sp³-hybridized carbons (Fsp3) is 0.548. The number of primary amides is 1. The van der Waals surface area contributed by atoms with Crippen LogP contribution >= 0.6 is 23.2 Å². The average Bonchev–Trinajstić information content (AvgIpc) is 2.81. The first-order valence-electron chi connectivity index (χ1n) is 14.1. The molecule has 0 bridgehead atoms. The molecule has 39 heavy (non-hydrogen) atoms. The molecule has 1 heterocycles. The topological polar surface area (TPSA) is 82.7 Å². The molecule has 5 unspecified atom stereocenters. The molecule has 1 aliphatic heterocycles. The van der Waals surface area contributed by atoms with Crippen LogP contribution in [0.5, 0.6) is 0 Å². The van der Waals surface area contributed by atoms with Crippen molar-refractivity contribution in [3.05, 3.63) is 63.6 Å². The van der Waals surface area contributed by atoms with E-state index in [9.17, 15) is 4.79 Å². The van der Waals surface area contributed by atoms with Gasteiger partial charge in [-0.3, -0.25) is 4.79 Å². The molecule has 212 valence electrons. The number of nitrogens with zero attached hydrogens (tertiary/aromatic N) is 2. The molecule has 5 atom stereocenters. The predicted molar refractivity (Wildman–Crippen MR) is 164 cm³/mol. The van der Waals surface area contributed by atoms with Crippen molar-refractivity contribution in [1.29, 1.82) is 0 Å². The number of anilines is 1. The number of amides is 1. The highest BCUT2D eigenvalue weighted by atomic mass is 35.5. The molecule has 2 aromatic rings. The van der Waals surface area contributed by atoms with E-state index >= 15 is 0 Å². The number of guanidine groups is 1. The lowest BCUT2D eigenvalue weighted by molar-refractivity contribution is -0.118. The van der Waals surface area contributed by atoms with Gasteiger partial charge in [-0.1, -0.05) is 62.2 Å². The van der Waals surface area contributed by atoms with Gasteiger partial charge in [0.05, 0.1) is 6.04 Å². The van der Waals surface area contributed by atoms with Crippen molar-refractivity contribution < 1.29 is 4.79 Å². The number of carbonyl (C=O) groups is 1. The van der Waals surface area contributed by atoms with Crippen LogP contribution in [0.25, 0.3) is 0 Å². The van der Waals surface area contributed by atoms with Gasteiger partial charge in [-0.05, 0) is 79.8 Å². The summed E-state index contributed by atoms with van der Waals surface area (Å²) in [7, 11) is 0. The number of piperazine rings is 1. The second-order valence-corrected chi connectivity index (χ2v) is 13.4. The zero-order chi connectivity index (χ0) is 28.3. The maximum Gasteiger partial charge on any atom is 0.218 e. The zero-order valence-electron chi connectivity index (χ0n) is 23.8. The van der Waals surface area contributed by atoms with Crippen molar-refractivity contribution in [2.75, 3.05) is 18.4 Å². The summed E-state index contributed by atoms with van der Waals surface area (Å²) < 4.78 is 0. The number of carbonyl (C=O) groups excluding carboxylic acids is 1. The van der Waals surface area contributed by atoms with E-state index in [0.717, 1.165) is 48.7 Å². The van der Waals surface area contributed by atoms with Crippen LogP contribution in [0.15, 0.2) is 47.5 Å². The average molecular weight is 573 g/mol. The molecule has 1 saturated carbocycles. The Labute approximate surface area is 243 Å². The van der Waals surface area contributed by atoms with Gasteiger partial charge in [0.2, 0.25) is 5.91 Å². The maximum absolute atomic E-state index is 11.9. The summed E-state index contributed by atoms with van der Waals surface area (Å²) in [5.74, 6) is 0.961. The molecule has 0 radical (unpaired) electrons. The second kappa shape index (κ2) is 12.5. The van der Waals surface area contributed by atoms with Crippen molar-refractivity contribution >= 4 is 40.8 Å². The molecule has 6 nitrogen and oxygen atoms in total. The van der Waals surface area contributed by atoms with E-state index in [-0.39, 0.29) is 24.3 Å². The number of hydrogen-bond donors (Lipinski definition) is 3. The Balaban J connectivity index is 1.61. The van der Waals surface area contributed by atoms with Gasteiger partial charge >= 0.3 is 0 Å². The Bertz CT molecular complexity index is 1170. The van der Waals surface area contributed by atoms with Crippen molar-refractivity contribution in [3.63, 3.8) is 0 Å². The Morgan fingerprint density at radius 1 is 1.10 bits per heavy atom. The number of benzene rings is 2. The quantitative estimate of drug-likeness (QED) is 0.267. The summed E-state index contributed by atoms with van der Waals surface area (Å²) in [6, 6.07) is 14.6. The third kappa shape index (κ3) is 8.12. The molecule has 0 aromatic heterocycles. The molecule has 4 rings (SSSR count). The van der Waals surface area contributed by atoms with Gasteiger partial charge in [-0.15, -0.1) is 0 Å². The molecule has 1 saturated heterocycles. The first-order valence-corrected chi connectivity index (χ1v) is 14.8. The van der Waals surface area contributed by atoms with E-state index in [1.165, 1.54) is 6.42 Å². The Morgan fingerprint density at radius 3 is 2.36 bits per heavy atom. The lowest BCUT2D eigenvalue weighted by atomic mass is 9.71. The first kappa shape index (κ1) is 29.7. The summed E-state index contributed by atoms with van der Waals surface area (Å²) in [4.78, 5) is 19.7. The van der Waals surface area contributed by atoms with Gasteiger partial charge in [0.25, 0.3) is 0 Å². The summed E-state index contributed by atoms with van der Waals surface area (Å²) in [6.07, 6.45) is 3.61. The molecule has 0 spiro atoms. The monoisotopic (exact) mass is 571 g/mol. The minimum Gasteiger partial charge on any atom is -0.370 e. The van der Waals surface area contributed by atoms with Gasteiger partial charge in [0.1, 0.15) is 0 Å². The van der Waals surface area contributed by atoms with E-state index in [0.29, 0.717) is 33.5 Å². The third-order valence-electron chi connectivity index (χ3n) is 7.84. The van der Waals surface area contributed by atoms with Crippen molar-refractivity contribution in [2.45, 2.75) is 84.3 Å². The molecule has 2 aromatic carbocycles. The standard InChI is InChI=1S/C31H43Cl2N5O/c1-19-12-25(16-31(4,5)15-19)37-30(38-17-20(2)35-21(3)18-38)36-24-9-6-22(7-10-24)27(14-29(34)39)26-11-8-23(32)13-28(26)33/h6-11,13,19-21,25,27,35H,12,14-18H2,1-5H3,(H2,34,39)(H,36,37). The van der Waals surface area contributed by atoms with Crippen LogP contribution < -0.4 is 16.4 Å². The minimum atomic E-state index is -0.380. The van der Waals surface area contributed by atoms with Crippen LogP contribution in [0.4, 0.5) is 5.69 Å². The minimum absolute atomic E-state index is 0.160.